The van der Waals surface area contributed by atoms with Crippen LogP contribution in [0.5, 0.6) is 11.5 Å². The number of carboxylic acid groups (broad SMARTS) is 1. The number of hydrogen-bond acceptors (Lipinski definition) is 5. The van der Waals surface area contributed by atoms with Gasteiger partial charge in [-0.15, -0.1) is 0 Å². The number of imide groups is 1. The monoisotopic (exact) mass is 430 g/mol. The second-order valence-electron chi connectivity index (χ2n) is 6.31. The largest absolute Gasteiger partial charge is 0.490 e. The van der Waals surface area contributed by atoms with E-state index in [1.807, 2.05) is 30.3 Å². The van der Waals surface area contributed by atoms with E-state index in [9.17, 15) is 14.4 Å². The van der Waals surface area contributed by atoms with E-state index in [1.165, 1.54) is 12.1 Å². The summed E-state index contributed by atoms with van der Waals surface area (Å²) in [5, 5.41) is 11.5. The maximum Gasteiger partial charge on any atom is 0.341 e. The highest BCUT2D eigenvalue weighted by Crippen LogP contribution is 2.37. The molecule has 1 aliphatic heterocycles. The van der Waals surface area contributed by atoms with Gasteiger partial charge in [0, 0.05) is 0 Å². The molecular weight excluding hydrogens is 412 g/mol. The molecule has 0 atom stereocenters. The Morgan fingerprint density at radius 1 is 1.20 bits per heavy atom. The van der Waals surface area contributed by atoms with Gasteiger partial charge in [0.15, 0.2) is 18.1 Å². The number of ether oxygens (including phenoxy) is 2. The molecule has 0 spiro atoms. The van der Waals surface area contributed by atoms with Gasteiger partial charge in [-0.25, -0.2) is 9.59 Å². The Morgan fingerprint density at radius 3 is 2.60 bits per heavy atom. The van der Waals surface area contributed by atoms with Crippen LogP contribution in [0.4, 0.5) is 4.79 Å². The molecule has 0 unspecified atom stereocenters. The summed E-state index contributed by atoms with van der Waals surface area (Å²) in [5.41, 5.74) is 1.40. The van der Waals surface area contributed by atoms with E-state index >= 15 is 0 Å². The van der Waals surface area contributed by atoms with Crippen LogP contribution in [-0.2, 0) is 16.1 Å². The number of carbonyl (C=O) groups is 3. The van der Waals surface area contributed by atoms with E-state index in [4.69, 9.17) is 26.2 Å². The van der Waals surface area contributed by atoms with Crippen LogP contribution >= 0.6 is 11.6 Å². The minimum atomic E-state index is -1.16. The molecule has 1 fully saturated rings. The van der Waals surface area contributed by atoms with Crippen LogP contribution in [0.3, 0.4) is 0 Å². The Kier molecular flexibility index (Phi) is 6.58. The average Bonchev–Trinajstić information content (AvgIpc) is 2.95. The summed E-state index contributed by atoms with van der Waals surface area (Å²) in [4.78, 5) is 36.8. The fourth-order valence-corrected chi connectivity index (χ4v) is 3.13. The standard InChI is InChI=1S/C21H19ClN2O6/c1-2-29-17-10-14(8-15(22)19(17)30-12-18(25)26)9-16-20(27)24(21(28)23-16)11-13-6-4-3-5-7-13/h3-10H,2,11-12H2,1H3,(H,23,28)(H,25,26)/b16-9+. The third-order valence-corrected chi connectivity index (χ3v) is 4.41. The zero-order valence-corrected chi connectivity index (χ0v) is 16.8. The maximum atomic E-state index is 12.7. The van der Waals surface area contributed by atoms with Gasteiger partial charge >= 0.3 is 12.0 Å². The summed E-state index contributed by atoms with van der Waals surface area (Å²) in [6.45, 7) is 1.61. The van der Waals surface area contributed by atoms with E-state index < -0.39 is 24.5 Å². The van der Waals surface area contributed by atoms with Crippen molar-refractivity contribution in [3.63, 3.8) is 0 Å². The zero-order chi connectivity index (χ0) is 21.7. The van der Waals surface area contributed by atoms with Crippen molar-refractivity contribution in [2.75, 3.05) is 13.2 Å². The van der Waals surface area contributed by atoms with Gasteiger partial charge in [0.05, 0.1) is 18.2 Å². The number of aliphatic carboxylic acids is 1. The third-order valence-electron chi connectivity index (χ3n) is 4.13. The number of hydrogen-bond donors (Lipinski definition) is 2. The van der Waals surface area contributed by atoms with Crippen molar-refractivity contribution in [2.45, 2.75) is 13.5 Å². The molecule has 2 N–H and O–H groups in total. The summed E-state index contributed by atoms with van der Waals surface area (Å²) in [7, 11) is 0. The minimum Gasteiger partial charge on any atom is -0.490 e. The van der Waals surface area contributed by atoms with Gasteiger partial charge in [-0.1, -0.05) is 41.9 Å². The summed E-state index contributed by atoms with van der Waals surface area (Å²) in [5.74, 6) is -1.30. The molecule has 30 heavy (non-hydrogen) atoms. The summed E-state index contributed by atoms with van der Waals surface area (Å²) >= 11 is 6.23. The van der Waals surface area contributed by atoms with E-state index in [1.54, 1.807) is 13.0 Å². The van der Waals surface area contributed by atoms with E-state index in [0.29, 0.717) is 12.2 Å². The van der Waals surface area contributed by atoms with E-state index in [2.05, 4.69) is 5.32 Å². The second kappa shape index (κ2) is 9.32. The van der Waals surface area contributed by atoms with Gasteiger partial charge in [0.1, 0.15) is 5.70 Å². The lowest BCUT2D eigenvalue weighted by Crippen LogP contribution is -2.30. The first kappa shape index (κ1) is 21.2. The molecule has 2 aromatic carbocycles. The summed E-state index contributed by atoms with van der Waals surface area (Å²) < 4.78 is 10.7. The quantitative estimate of drug-likeness (QED) is 0.491. The van der Waals surface area contributed by atoms with Gasteiger partial charge < -0.3 is 19.9 Å². The van der Waals surface area contributed by atoms with Crippen LogP contribution in [0.25, 0.3) is 6.08 Å². The molecule has 9 heteroatoms. The van der Waals surface area contributed by atoms with Crippen LogP contribution in [0, 0.1) is 0 Å². The number of nitrogens with zero attached hydrogens (tertiary/aromatic N) is 1. The van der Waals surface area contributed by atoms with Crippen LogP contribution in [0.2, 0.25) is 5.02 Å². The molecule has 0 saturated carbocycles. The number of carbonyl (C=O) groups excluding carboxylic acids is 2. The lowest BCUT2D eigenvalue weighted by Gasteiger charge is -2.13. The average molecular weight is 431 g/mol. The van der Waals surface area contributed by atoms with Crippen molar-refractivity contribution in [2.24, 2.45) is 0 Å². The van der Waals surface area contributed by atoms with Crippen molar-refractivity contribution < 1.29 is 29.0 Å². The van der Waals surface area contributed by atoms with Gasteiger partial charge in [-0.05, 0) is 36.3 Å². The van der Waals surface area contributed by atoms with Crippen molar-refractivity contribution in [1.82, 2.24) is 10.2 Å². The predicted molar refractivity (Wildman–Crippen MR) is 109 cm³/mol. The fourth-order valence-electron chi connectivity index (χ4n) is 2.86. The molecule has 3 amide bonds. The van der Waals surface area contributed by atoms with E-state index in [0.717, 1.165) is 10.5 Å². The number of nitrogens with one attached hydrogen (secondary N) is 1. The van der Waals surface area contributed by atoms with Gasteiger partial charge in [-0.3, -0.25) is 9.69 Å². The molecule has 0 aromatic heterocycles. The maximum absolute atomic E-state index is 12.7. The highest BCUT2D eigenvalue weighted by Gasteiger charge is 2.33. The first-order valence-electron chi connectivity index (χ1n) is 9.08. The number of amides is 3. The smallest absolute Gasteiger partial charge is 0.341 e. The minimum absolute atomic E-state index is 0.0913. The molecular formula is C21H19ClN2O6. The highest BCUT2D eigenvalue weighted by molar-refractivity contribution is 6.32. The van der Waals surface area contributed by atoms with Gasteiger partial charge in [-0.2, -0.15) is 0 Å². The molecule has 3 rings (SSSR count). The molecule has 8 nitrogen and oxygen atoms in total. The van der Waals surface area contributed by atoms with Crippen molar-refractivity contribution >= 4 is 35.6 Å². The lowest BCUT2D eigenvalue weighted by atomic mass is 10.1. The Labute approximate surface area is 177 Å². The normalized spacial score (nSPS) is 14.7. The number of carboxylic acids is 1. The number of halogens is 1. The first-order chi connectivity index (χ1) is 14.4. The molecule has 1 aliphatic rings. The van der Waals surface area contributed by atoms with Crippen LogP contribution in [0.1, 0.15) is 18.1 Å². The summed E-state index contributed by atoms with van der Waals surface area (Å²) in [6, 6.07) is 11.7. The molecule has 0 aliphatic carbocycles. The zero-order valence-electron chi connectivity index (χ0n) is 16.1. The Balaban J connectivity index is 1.86. The predicted octanol–water partition coefficient (Wildman–Crippen LogP) is 3.30. The molecule has 156 valence electrons. The molecule has 0 radical (unpaired) electrons. The highest BCUT2D eigenvalue weighted by atomic mass is 35.5. The summed E-state index contributed by atoms with van der Waals surface area (Å²) in [6.07, 6.45) is 1.47. The number of urea groups is 1. The number of rotatable bonds is 8. The van der Waals surface area contributed by atoms with E-state index in [-0.39, 0.29) is 28.8 Å². The fraction of sp³-hybridized carbons (Fsp3) is 0.190. The third kappa shape index (κ3) is 4.90. The molecule has 1 heterocycles. The molecule has 1 saturated heterocycles. The second-order valence-corrected chi connectivity index (χ2v) is 6.72. The Morgan fingerprint density at radius 2 is 1.93 bits per heavy atom. The molecule has 2 aromatic rings. The molecule has 0 bridgehead atoms. The first-order valence-corrected chi connectivity index (χ1v) is 9.46. The van der Waals surface area contributed by atoms with Crippen LogP contribution < -0.4 is 14.8 Å². The Bertz CT molecular complexity index is 1010. The Hall–Kier alpha value is -3.52. The van der Waals surface area contributed by atoms with Crippen molar-refractivity contribution in [1.29, 1.82) is 0 Å². The topological polar surface area (TPSA) is 105 Å². The van der Waals surface area contributed by atoms with Crippen molar-refractivity contribution in [3.05, 3.63) is 64.3 Å². The van der Waals surface area contributed by atoms with Crippen molar-refractivity contribution in [3.8, 4) is 11.5 Å². The van der Waals surface area contributed by atoms with Gasteiger partial charge in [0.2, 0.25) is 0 Å². The lowest BCUT2D eigenvalue weighted by molar-refractivity contribution is -0.139. The SMILES string of the molecule is CCOc1cc(/C=C2/NC(=O)N(Cc3ccccc3)C2=O)cc(Cl)c1OCC(=O)O. The number of benzene rings is 2. The van der Waals surface area contributed by atoms with Crippen LogP contribution in [-0.4, -0.2) is 41.1 Å². The van der Waals surface area contributed by atoms with Crippen LogP contribution in [0.15, 0.2) is 48.2 Å². The van der Waals surface area contributed by atoms with Gasteiger partial charge in [0.25, 0.3) is 5.91 Å².